The van der Waals surface area contributed by atoms with Crippen LogP contribution in [0.25, 0.3) is 0 Å². The molecule has 0 unspecified atom stereocenters. The number of carbonyl (C=O) groups is 1. The molecule has 1 aliphatic rings. The van der Waals surface area contributed by atoms with Crippen LogP contribution in [0.2, 0.25) is 0 Å². The Balaban J connectivity index is 2.16. The van der Waals surface area contributed by atoms with Crippen molar-refractivity contribution < 1.29 is 4.79 Å². The molecule has 0 aromatic heterocycles. The molecule has 3 heteroatoms. The summed E-state index contributed by atoms with van der Waals surface area (Å²) in [6.07, 6.45) is 1.85. The van der Waals surface area contributed by atoms with E-state index < -0.39 is 0 Å². The average Bonchev–Trinajstić information content (AvgIpc) is 2.47. The minimum atomic E-state index is 0.126. The van der Waals surface area contributed by atoms with E-state index in [1.165, 1.54) is 11.1 Å². The van der Waals surface area contributed by atoms with Gasteiger partial charge in [0.1, 0.15) is 0 Å². The maximum Gasteiger partial charge on any atom is 0.227 e. The highest BCUT2D eigenvalue weighted by Gasteiger charge is 2.25. The molecule has 1 aromatic carbocycles. The van der Waals surface area contributed by atoms with Crippen molar-refractivity contribution in [2.45, 2.75) is 65.3 Å². The third-order valence-electron chi connectivity index (χ3n) is 4.62. The average molecular weight is 302 g/mol. The van der Waals surface area contributed by atoms with Crippen LogP contribution in [0, 0.1) is 5.92 Å². The van der Waals surface area contributed by atoms with E-state index in [4.69, 9.17) is 0 Å². The normalized spacial score (nSPS) is 22.1. The first-order chi connectivity index (χ1) is 10.4. The second kappa shape index (κ2) is 7.28. The highest BCUT2D eigenvalue weighted by Crippen LogP contribution is 2.29. The fourth-order valence-electron chi connectivity index (χ4n) is 3.14. The first-order valence-corrected chi connectivity index (χ1v) is 8.56. The molecule has 0 radical (unpaired) electrons. The zero-order valence-corrected chi connectivity index (χ0v) is 14.6. The minimum absolute atomic E-state index is 0.126. The lowest BCUT2D eigenvalue weighted by molar-refractivity contribution is -0.120. The van der Waals surface area contributed by atoms with Gasteiger partial charge < -0.3 is 10.6 Å². The van der Waals surface area contributed by atoms with Crippen LogP contribution in [-0.4, -0.2) is 18.5 Å². The summed E-state index contributed by atoms with van der Waals surface area (Å²) in [6.45, 7) is 11.9. The molecular formula is C19H30N2O. The standard InChI is InChI=1S/C19H30N2O/c1-12(2)15-6-7-18(17(11-15)13(3)4)21-19(22)16-8-9-20-14(5)10-16/h6-7,11-14,16,20H,8-10H2,1-5H3,(H,21,22)/t14-,16-/m0/s1. The number of anilines is 1. The van der Waals surface area contributed by atoms with Gasteiger partial charge in [-0.05, 0) is 55.3 Å². The Labute approximate surface area is 134 Å². The summed E-state index contributed by atoms with van der Waals surface area (Å²) in [7, 11) is 0. The van der Waals surface area contributed by atoms with Crippen LogP contribution in [0.3, 0.4) is 0 Å². The molecule has 122 valence electrons. The molecule has 1 heterocycles. The number of carbonyl (C=O) groups excluding carboxylic acids is 1. The molecule has 22 heavy (non-hydrogen) atoms. The highest BCUT2D eigenvalue weighted by molar-refractivity contribution is 5.93. The van der Waals surface area contributed by atoms with Gasteiger partial charge in [0.2, 0.25) is 5.91 Å². The second-order valence-corrected chi connectivity index (χ2v) is 7.22. The predicted octanol–water partition coefficient (Wildman–Crippen LogP) is 4.26. The van der Waals surface area contributed by atoms with E-state index >= 15 is 0 Å². The largest absolute Gasteiger partial charge is 0.326 e. The first-order valence-electron chi connectivity index (χ1n) is 8.56. The van der Waals surface area contributed by atoms with E-state index in [0.29, 0.717) is 17.9 Å². The van der Waals surface area contributed by atoms with Crippen molar-refractivity contribution in [2.24, 2.45) is 5.92 Å². The van der Waals surface area contributed by atoms with E-state index in [0.717, 1.165) is 25.1 Å². The zero-order chi connectivity index (χ0) is 16.3. The molecule has 2 atom stereocenters. The van der Waals surface area contributed by atoms with E-state index in [2.05, 4.69) is 63.5 Å². The Morgan fingerprint density at radius 1 is 1.23 bits per heavy atom. The van der Waals surface area contributed by atoms with Gasteiger partial charge in [-0.25, -0.2) is 0 Å². The van der Waals surface area contributed by atoms with E-state index in [-0.39, 0.29) is 11.8 Å². The van der Waals surface area contributed by atoms with Crippen molar-refractivity contribution >= 4 is 11.6 Å². The number of rotatable bonds is 4. The summed E-state index contributed by atoms with van der Waals surface area (Å²) in [5.74, 6) is 1.21. The third kappa shape index (κ3) is 4.10. The van der Waals surface area contributed by atoms with Crippen LogP contribution in [0.15, 0.2) is 18.2 Å². The molecule has 0 aliphatic carbocycles. The summed E-state index contributed by atoms with van der Waals surface area (Å²) in [6, 6.07) is 6.89. The monoisotopic (exact) mass is 302 g/mol. The zero-order valence-electron chi connectivity index (χ0n) is 14.6. The molecule has 1 amide bonds. The van der Waals surface area contributed by atoms with Crippen LogP contribution < -0.4 is 10.6 Å². The quantitative estimate of drug-likeness (QED) is 0.872. The van der Waals surface area contributed by atoms with Crippen LogP contribution in [0.4, 0.5) is 5.69 Å². The Bertz CT molecular complexity index is 522. The SMILES string of the molecule is CC(C)c1ccc(NC(=O)[C@H]2CCN[C@@H](C)C2)c(C(C)C)c1. The van der Waals surface area contributed by atoms with Crippen LogP contribution in [0.5, 0.6) is 0 Å². The highest BCUT2D eigenvalue weighted by atomic mass is 16.1. The smallest absolute Gasteiger partial charge is 0.227 e. The topological polar surface area (TPSA) is 41.1 Å². The van der Waals surface area contributed by atoms with Crippen LogP contribution >= 0.6 is 0 Å². The van der Waals surface area contributed by atoms with Gasteiger partial charge in [-0.1, -0.05) is 39.8 Å². The summed E-state index contributed by atoms with van der Waals surface area (Å²) in [5, 5.41) is 6.58. The van der Waals surface area contributed by atoms with E-state index in [1.54, 1.807) is 0 Å². The van der Waals surface area contributed by atoms with Crippen molar-refractivity contribution in [3.63, 3.8) is 0 Å². The Hall–Kier alpha value is -1.35. The third-order valence-corrected chi connectivity index (χ3v) is 4.62. The summed E-state index contributed by atoms with van der Waals surface area (Å²) < 4.78 is 0. The molecule has 1 fully saturated rings. The lowest BCUT2D eigenvalue weighted by atomic mass is 9.91. The summed E-state index contributed by atoms with van der Waals surface area (Å²) >= 11 is 0. The molecule has 1 aromatic rings. The van der Waals surface area contributed by atoms with Gasteiger partial charge in [0.15, 0.2) is 0 Å². The van der Waals surface area contributed by atoms with Crippen molar-refractivity contribution in [3.05, 3.63) is 29.3 Å². The maximum absolute atomic E-state index is 12.6. The van der Waals surface area contributed by atoms with Gasteiger partial charge in [0.05, 0.1) is 0 Å². The molecule has 0 bridgehead atoms. The van der Waals surface area contributed by atoms with Crippen LogP contribution in [0.1, 0.15) is 70.4 Å². The van der Waals surface area contributed by atoms with Gasteiger partial charge in [0, 0.05) is 17.6 Å². The number of hydrogen-bond donors (Lipinski definition) is 2. The molecule has 1 saturated heterocycles. The molecule has 0 saturated carbocycles. The minimum Gasteiger partial charge on any atom is -0.326 e. The Morgan fingerprint density at radius 2 is 1.95 bits per heavy atom. The van der Waals surface area contributed by atoms with Gasteiger partial charge in [0.25, 0.3) is 0 Å². The molecule has 3 nitrogen and oxygen atoms in total. The lowest BCUT2D eigenvalue weighted by Gasteiger charge is -2.27. The van der Waals surface area contributed by atoms with Crippen molar-refractivity contribution in [1.29, 1.82) is 0 Å². The number of hydrogen-bond acceptors (Lipinski definition) is 2. The first kappa shape index (κ1) is 17.0. The van der Waals surface area contributed by atoms with E-state index in [1.807, 2.05) is 0 Å². The Kier molecular flexibility index (Phi) is 5.63. The molecule has 2 N–H and O–H groups in total. The van der Waals surface area contributed by atoms with Gasteiger partial charge in [-0.2, -0.15) is 0 Å². The summed E-state index contributed by atoms with van der Waals surface area (Å²) in [5.41, 5.74) is 3.55. The molecule has 1 aliphatic heterocycles. The van der Waals surface area contributed by atoms with E-state index in [9.17, 15) is 4.79 Å². The number of piperidine rings is 1. The fraction of sp³-hybridized carbons (Fsp3) is 0.632. The van der Waals surface area contributed by atoms with Gasteiger partial charge in [-0.15, -0.1) is 0 Å². The second-order valence-electron chi connectivity index (χ2n) is 7.22. The predicted molar refractivity (Wildman–Crippen MR) is 93.4 cm³/mol. The molecule has 2 rings (SSSR count). The van der Waals surface area contributed by atoms with Crippen molar-refractivity contribution in [1.82, 2.24) is 5.32 Å². The fourth-order valence-corrected chi connectivity index (χ4v) is 3.14. The van der Waals surface area contributed by atoms with Crippen LogP contribution in [-0.2, 0) is 4.79 Å². The van der Waals surface area contributed by atoms with Gasteiger partial charge >= 0.3 is 0 Å². The molecular weight excluding hydrogens is 272 g/mol. The van der Waals surface area contributed by atoms with Crippen molar-refractivity contribution in [2.75, 3.05) is 11.9 Å². The lowest BCUT2D eigenvalue weighted by Crippen LogP contribution is -2.40. The number of nitrogens with one attached hydrogen (secondary N) is 2. The molecule has 0 spiro atoms. The summed E-state index contributed by atoms with van der Waals surface area (Å²) in [4.78, 5) is 12.6. The number of benzene rings is 1. The maximum atomic E-state index is 12.6. The Morgan fingerprint density at radius 3 is 2.55 bits per heavy atom. The van der Waals surface area contributed by atoms with Crippen molar-refractivity contribution in [3.8, 4) is 0 Å². The van der Waals surface area contributed by atoms with Gasteiger partial charge in [-0.3, -0.25) is 4.79 Å². The number of amides is 1.